The largest absolute Gasteiger partial charge is 0.309 e. The van der Waals surface area contributed by atoms with Gasteiger partial charge in [-0.3, -0.25) is 4.90 Å². The molecule has 0 saturated heterocycles. The molecule has 2 rings (SSSR count). The lowest BCUT2D eigenvalue weighted by Gasteiger charge is -2.34. The van der Waals surface area contributed by atoms with Crippen LogP contribution in [0, 0.1) is 0 Å². The van der Waals surface area contributed by atoms with Crippen LogP contribution in [0.25, 0.3) is 0 Å². The topological polar surface area (TPSA) is 15.3 Å². The van der Waals surface area contributed by atoms with E-state index in [4.69, 9.17) is 0 Å². The SMILES string of the molecule is CCC(C)(C)N(C)Cc1ccc(CNC2CC2)s1. The standard InChI is InChI=1S/C15H26N2S/c1-5-15(2,3)17(4)11-14-9-8-13(18-14)10-16-12-6-7-12/h8-9,12,16H,5-7,10-11H2,1-4H3. The molecule has 0 amide bonds. The van der Waals surface area contributed by atoms with Crippen molar-refractivity contribution in [3.05, 3.63) is 21.9 Å². The van der Waals surface area contributed by atoms with Gasteiger partial charge in [-0.2, -0.15) is 0 Å². The van der Waals surface area contributed by atoms with Crippen LogP contribution in [0.5, 0.6) is 0 Å². The molecule has 1 aromatic rings. The number of nitrogens with one attached hydrogen (secondary N) is 1. The van der Waals surface area contributed by atoms with Gasteiger partial charge >= 0.3 is 0 Å². The second-order valence-corrected chi connectivity index (χ2v) is 7.30. The zero-order valence-electron chi connectivity index (χ0n) is 12.1. The van der Waals surface area contributed by atoms with Gasteiger partial charge < -0.3 is 5.32 Å². The average molecular weight is 266 g/mol. The maximum absolute atomic E-state index is 3.58. The Morgan fingerprint density at radius 3 is 2.61 bits per heavy atom. The first kappa shape index (κ1) is 14.0. The van der Waals surface area contributed by atoms with Crippen LogP contribution < -0.4 is 5.32 Å². The number of rotatable bonds is 7. The lowest BCUT2D eigenvalue weighted by Crippen LogP contribution is -2.39. The fraction of sp³-hybridized carbons (Fsp3) is 0.733. The normalized spacial score (nSPS) is 16.5. The second kappa shape index (κ2) is 5.72. The lowest BCUT2D eigenvalue weighted by molar-refractivity contribution is 0.144. The Balaban J connectivity index is 1.85. The summed E-state index contributed by atoms with van der Waals surface area (Å²) < 4.78 is 0. The van der Waals surface area contributed by atoms with Crippen LogP contribution in [0.3, 0.4) is 0 Å². The van der Waals surface area contributed by atoms with E-state index in [0.29, 0.717) is 0 Å². The Morgan fingerprint density at radius 2 is 2.00 bits per heavy atom. The molecule has 0 bridgehead atoms. The van der Waals surface area contributed by atoms with Crippen molar-refractivity contribution < 1.29 is 0 Å². The Labute approximate surface area is 115 Å². The van der Waals surface area contributed by atoms with Crippen molar-refractivity contribution in [2.75, 3.05) is 7.05 Å². The predicted molar refractivity (Wildman–Crippen MR) is 80.0 cm³/mol. The highest BCUT2D eigenvalue weighted by Gasteiger charge is 2.22. The summed E-state index contributed by atoms with van der Waals surface area (Å²) >= 11 is 1.95. The quantitative estimate of drug-likeness (QED) is 0.811. The molecule has 0 atom stereocenters. The molecular weight excluding hydrogens is 240 g/mol. The highest BCUT2D eigenvalue weighted by Crippen LogP contribution is 2.24. The summed E-state index contributed by atoms with van der Waals surface area (Å²) in [6, 6.07) is 5.37. The molecule has 0 spiro atoms. The van der Waals surface area contributed by atoms with Gasteiger partial charge in [-0.1, -0.05) is 6.92 Å². The molecule has 0 radical (unpaired) electrons. The van der Waals surface area contributed by atoms with Crippen LogP contribution in [0.2, 0.25) is 0 Å². The molecule has 1 aliphatic rings. The Morgan fingerprint density at radius 1 is 1.33 bits per heavy atom. The van der Waals surface area contributed by atoms with Crippen molar-refractivity contribution in [3.63, 3.8) is 0 Å². The van der Waals surface area contributed by atoms with E-state index in [1.54, 1.807) is 0 Å². The van der Waals surface area contributed by atoms with Gasteiger partial charge in [-0.05, 0) is 52.3 Å². The summed E-state index contributed by atoms with van der Waals surface area (Å²) in [5.41, 5.74) is 0.288. The Bertz CT molecular complexity index is 380. The third-order valence-corrected chi connectivity index (χ3v) is 5.22. The molecule has 0 aliphatic heterocycles. The van der Waals surface area contributed by atoms with Crippen LogP contribution >= 0.6 is 11.3 Å². The first-order chi connectivity index (χ1) is 8.51. The highest BCUT2D eigenvalue weighted by molar-refractivity contribution is 7.11. The van der Waals surface area contributed by atoms with Gasteiger partial charge in [0.1, 0.15) is 0 Å². The molecule has 1 aliphatic carbocycles. The minimum absolute atomic E-state index is 0.288. The summed E-state index contributed by atoms with van der Waals surface area (Å²) in [6.45, 7) is 9.01. The van der Waals surface area contributed by atoms with E-state index in [1.807, 2.05) is 11.3 Å². The second-order valence-electron chi connectivity index (χ2n) is 6.05. The van der Waals surface area contributed by atoms with Gasteiger partial charge in [-0.15, -0.1) is 11.3 Å². The molecule has 2 nitrogen and oxygen atoms in total. The molecule has 1 aromatic heterocycles. The van der Waals surface area contributed by atoms with Gasteiger partial charge in [0, 0.05) is 34.4 Å². The van der Waals surface area contributed by atoms with Crippen LogP contribution in [-0.4, -0.2) is 23.5 Å². The Hall–Kier alpha value is -0.380. The zero-order valence-corrected chi connectivity index (χ0v) is 12.9. The molecule has 0 unspecified atom stereocenters. The van der Waals surface area contributed by atoms with E-state index in [-0.39, 0.29) is 5.54 Å². The van der Waals surface area contributed by atoms with Gasteiger partial charge in [-0.25, -0.2) is 0 Å². The number of thiophene rings is 1. The van der Waals surface area contributed by atoms with Crippen molar-refractivity contribution in [2.24, 2.45) is 0 Å². The van der Waals surface area contributed by atoms with Crippen molar-refractivity contribution in [1.82, 2.24) is 10.2 Å². The minimum atomic E-state index is 0.288. The fourth-order valence-corrected chi connectivity index (χ4v) is 2.88. The first-order valence-corrected chi connectivity index (χ1v) is 7.85. The minimum Gasteiger partial charge on any atom is -0.309 e. The highest BCUT2D eigenvalue weighted by atomic mass is 32.1. The molecule has 0 aromatic carbocycles. The van der Waals surface area contributed by atoms with Crippen LogP contribution in [0.4, 0.5) is 0 Å². The molecule has 1 heterocycles. The van der Waals surface area contributed by atoms with E-state index in [0.717, 1.165) is 19.1 Å². The molecule has 3 heteroatoms. The lowest BCUT2D eigenvalue weighted by atomic mass is 10.00. The summed E-state index contributed by atoms with van der Waals surface area (Å²) in [6.07, 6.45) is 3.92. The maximum Gasteiger partial charge on any atom is 0.0330 e. The van der Waals surface area contributed by atoms with E-state index < -0.39 is 0 Å². The summed E-state index contributed by atoms with van der Waals surface area (Å²) in [5.74, 6) is 0. The maximum atomic E-state index is 3.58. The number of nitrogens with zero attached hydrogens (tertiary/aromatic N) is 1. The van der Waals surface area contributed by atoms with Gasteiger partial charge in [0.15, 0.2) is 0 Å². The average Bonchev–Trinajstić information content (AvgIpc) is 3.07. The number of hydrogen-bond acceptors (Lipinski definition) is 3. The van der Waals surface area contributed by atoms with E-state index >= 15 is 0 Å². The summed E-state index contributed by atoms with van der Waals surface area (Å²) in [7, 11) is 2.23. The molecule has 102 valence electrons. The third kappa shape index (κ3) is 3.81. The molecule has 1 N–H and O–H groups in total. The predicted octanol–water partition coefficient (Wildman–Crippen LogP) is 3.62. The van der Waals surface area contributed by atoms with Crippen molar-refractivity contribution >= 4 is 11.3 Å². The van der Waals surface area contributed by atoms with E-state index in [9.17, 15) is 0 Å². The van der Waals surface area contributed by atoms with Crippen LogP contribution in [-0.2, 0) is 13.1 Å². The Kier molecular flexibility index (Phi) is 4.46. The molecule has 1 saturated carbocycles. The van der Waals surface area contributed by atoms with Gasteiger partial charge in [0.25, 0.3) is 0 Å². The van der Waals surface area contributed by atoms with E-state index in [2.05, 4.69) is 50.2 Å². The zero-order chi connectivity index (χ0) is 13.2. The number of hydrogen-bond donors (Lipinski definition) is 1. The smallest absolute Gasteiger partial charge is 0.0330 e. The third-order valence-electron chi connectivity index (χ3n) is 4.15. The van der Waals surface area contributed by atoms with E-state index in [1.165, 1.54) is 29.0 Å². The monoisotopic (exact) mass is 266 g/mol. The van der Waals surface area contributed by atoms with Crippen molar-refractivity contribution in [1.29, 1.82) is 0 Å². The molecule has 18 heavy (non-hydrogen) atoms. The van der Waals surface area contributed by atoms with Gasteiger partial charge in [0.2, 0.25) is 0 Å². The van der Waals surface area contributed by atoms with Gasteiger partial charge in [0.05, 0.1) is 0 Å². The molecular formula is C15H26N2S. The van der Waals surface area contributed by atoms with Crippen LogP contribution in [0.15, 0.2) is 12.1 Å². The summed E-state index contributed by atoms with van der Waals surface area (Å²) in [5, 5.41) is 3.58. The summed E-state index contributed by atoms with van der Waals surface area (Å²) in [4.78, 5) is 5.41. The van der Waals surface area contributed by atoms with Crippen molar-refractivity contribution in [3.8, 4) is 0 Å². The molecule has 1 fully saturated rings. The van der Waals surface area contributed by atoms with Crippen molar-refractivity contribution in [2.45, 2.75) is 64.7 Å². The fourth-order valence-electron chi connectivity index (χ4n) is 1.85. The van der Waals surface area contributed by atoms with Crippen LogP contribution in [0.1, 0.15) is 49.8 Å². The first-order valence-electron chi connectivity index (χ1n) is 7.03.